The zero-order chi connectivity index (χ0) is 30.6. The first-order chi connectivity index (χ1) is 20.1. The highest BCUT2D eigenvalue weighted by molar-refractivity contribution is 9.10. The lowest BCUT2D eigenvalue weighted by molar-refractivity contribution is -0.384. The summed E-state index contributed by atoms with van der Waals surface area (Å²) in [4.78, 5) is 48.0. The number of carbonyl (C=O) groups excluding carboxylic acids is 3. The van der Waals surface area contributed by atoms with Crippen molar-refractivity contribution in [3.8, 4) is 6.07 Å². The highest BCUT2D eigenvalue weighted by Crippen LogP contribution is 2.37. The van der Waals surface area contributed by atoms with Crippen LogP contribution in [0, 0.1) is 21.4 Å². The number of non-ortho nitro benzene ring substituents is 1. The van der Waals surface area contributed by atoms with Crippen LogP contribution in [-0.4, -0.2) is 49.1 Å². The number of nitro benzene ring substituents is 1. The van der Waals surface area contributed by atoms with Crippen molar-refractivity contribution in [2.45, 2.75) is 13.8 Å². The molecule has 0 atom stereocenters. The predicted octanol–water partition coefficient (Wildman–Crippen LogP) is 5.83. The average Bonchev–Trinajstić information content (AvgIpc) is 2.95. The van der Waals surface area contributed by atoms with E-state index in [9.17, 15) is 29.8 Å². The number of ether oxygens (including phenoxy) is 2. The quantitative estimate of drug-likeness (QED) is 0.111. The maximum absolute atomic E-state index is 13.0. The second kappa shape index (κ2) is 15.0. The summed E-state index contributed by atoms with van der Waals surface area (Å²) in [6.45, 7) is 3.23. The summed E-state index contributed by atoms with van der Waals surface area (Å²) >= 11 is 3.21. The van der Waals surface area contributed by atoms with Gasteiger partial charge >= 0.3 is 11.9 Å². The highest BCUT2D eigenvalue weighted by atomic mass is 79.9. The van der Waals surface area contributed by atoms with Crippen LogP contribution in [0.2, 0.25) is 0 Å². The molecule has 3 aromatic rings. The lowest BCUT2D eigenvalue weighted by Gasteiger charge is -2.25. The number of hydrogen-bond acceptors (Lipinski definition) is 11. The van der Waals surface area contributed by atoms with E-state index < -0.39 is 22.8 Å². The van der Waals surface area contributed by atoms with Crippen molar-refractivity contribution in [3.05, 3.63) is 86.4 Å². The number of nitrogens with one attached hydrogen (secondary N) is 1. The van der Waals surface area contributed by atoms with Crippen molar-refractivity contribution < 1.29 is 28.8 Å². The van der Waals surface area contributed by atoms with Crippen molar-refractivity contribution >= 4 is 62.2 Å². The topological polar surface area (TPSA) is 177 Å². The third-order valence-electron chi connectivity index (χ3n) is 5.60. The Morgan fingerprint density at radius 2 is 1.64 bits per heavy atom. The smallest absolute Gasteiger partial charge is 0.302 e. The number of nitro groups is 1. The SMILES string of the molecule is CC(=O)OCCN(CCOC(C)=O)c1ccc(N=Nc2c(Br)cc([N+](=O)[O-])cc2C#N)c(NC(=O)c2ccccc2)c1. The van der Waals surface area contributed by atoms with E-state index in [1.807, 2.05) is 6.07 Å². The Hall–Kier alpha value is -5.16. The van der Waals surface area contributed by atoms with Crippen molar-refractivity contribution in [3.63, 3.8) is 0 Å². The van der Waals surface area contributed by atoms with Crippen LogP contribution < -0.4 is 10.2 Å². The summed E-state index contributed by atoms with van der Waals surface area (Å²) in [5, 5.41) is 31.9. The van der Waals surface area contributed by atoms with E-state index in [0.717, 1.165) is 6.07 Å². The average molecular weight is 637 g/mol. The van der Waals surface area contributed by atoms with Crippen LogP contribution in [0.1, 0.15) is 29.8 Å². The van der Waals surface area contributed by atoms with E-state index in [0.29, 0.717) is 11.3 Å². The van der Waals surface area contributed by atoms with Crippen molar-refractivity contribution in [2.24, 2.45) is 10.2 Å². The lowest BCUT2D eigenvalue weighted by Crippen LogP contribution is -2.32. The molecule has 0 aliphatic carbocycles. The first-order valence-electron chi connectivity index (χ1n) is 12.4. The molecule has 3 rings (SSSR count). The fourth-order valence-electron chi connectivity index (χ4n) is 3.64. The third kappa shape index (κ3) is 8.93. The molecule has 0 aromatic heterocycles. The van der Waals surface area contributed by atoms with Gasteiger partial charge in [-0.1, -0.05) is 18.2 Å². The molecule has 1 N–H and O–H groups in total. The third-order valence-corrected chi connectivity index (χ3v) is 6.20. The van der Waals surface area contributed by atoms with E-state index in [4.69, 9.17) is 9.47 Å². The van der Waals surface area contributed by atoms with Crippen molar-refractivity contribution in [2.75, 3.05) is 36.5 Å². The fraction of sp³-hybridized carbons (Fsp3) is 0.214. The summed E-state index contributed by atoms with van der Waals surface area (Å²) in [6, 6.07) is 17.5. The van der Waals surface area contributed by atoms with Crippen molar-refractivity contribution in [1.82, 2.24) is 0 Å². The molecule has 0 fully saturated rings. The van der Waals surface area contributed by atoms with Gasteiger partial charge in [0.05, 0.1) is 33.7 Å². The van der Waals surface area contributed by atoms with Gasteiger partial charge in [0.1, 0.15) is 30.7 Å². The summed E-state index contributed by atoms with van der Waals surface area (Å²) in [5.41, 5.74) is 1.15. The number of halogens is 1. The molecule has 1 amide bonds. The van der Waals surface area contributed by atoms with E-state index in [2.05, 4.69) is 31.5 Å². The number of carbonyl (C=O) groups is 3. The lowest BCUT2D eigenvalue weighted by atomic mass is 10.1. The molecule has 0 aliphatic rings. The molecule has 42 heavy (non-hydrogen) atoms. The standard InChI is InChI=1S/C28H25BrN6O7/c1-18(36)41-12-10-34(11-13-42-19(2)37)22-8-9-25(26(16-22)31-28(38)20-6-4-3-5-7-20)32-33-27-21(17-30)14-23(35(39)40)15-24(27)29/h3-9,14-16H,10-13H2,1-2H3,(H,31,38). The molecule has 0 saturated carbocycles. The number of azo groups is 1. The number of benzene rings is 3. The maximum atomic E-state index is 13.0. The Morgan fingerprint density at radius 1 is 1.00 bits per heavy atom. The first kappa shape index (κ1) is 31.4. The molecule has 0 unspecified atom stereocenters. The second-order valence-corrected chi connectivity index (χ2v) is 9.44. The number of rotatable bonds is 12. The summed E-state index contributed by atoms with van der Waals surface area (Å²) < 4.78 is 10.3. The Labute approximate surface area is 249 Å². The number of hydrogen-bond donors (Lipinski definition) is 1. The predicted molar refractivity (Wildman–Crippen MR) is 156 cm³/mol. The molecule has 0 radical (unpaired) electrons. The van der Waals surface area contributed by atoms with Gasteiger partial charge in [-0.2, -0.15) is 5.26 Å². The maximum Gasteiger partial charge on any atom is 0.302 e. The number of amides is 1. The molecular weight excluding hydrogens is 612 g/mol. The summed E-state index contributed by atoms with van der Waals surface area (Å²) in [6.07, 6.45) is 0. The van der Waals surface area contributed by atoms with Crippen LogP contribution in [0.3, 0.4) is 0 Å². The first-order valence-corrected chi connectivity index (χ1v) is 13.2. The minimum absolute atomic E-state index is 0.0632. The molecule has 0 heterocycles. The molecule has 216 valence electrons. The van der Waals surface area contributed by atoms with Gasteiger partial charge in [-0.15, -0.1) is 10.2 Å². The van der Waals surface area contributed by atoms with Gasteiger partial charge in [0, 0.05) is 37.2 Å². The number of nitrogens with zero attached hydrogens (tertiary/aromatic N) is 5. The molecule has 0 aliphatic heterocycles. The van der Waals surface area contributed by atoms with Crippen LogP contribution in [0.25, 0.3) is 0 Å². The molecule has 3 aromatic carbocycles. The Balaban J connectivity index is 2.03. The minimum Gasteiger partial charge on any atom is -0.464 e. The van der Waals surface area contributed by atoms with E-state index in [1.54, 1.807) is 53.4 Å². The second-order valence-electron chi connectivity index (χ2n) is 8.58. The van der Waals surface area contributed by atoms with E-state index in [-0.39, 0.29) is 59.1 Å². The largest absolute Gasteiger partial charge is 0.464 e. The number of anilines is 2. The summed E-state index contributed by atoms with van der Waals surface area (Å²) in [7, 11) is 0. The Kier molecular flexibility index (Phi) is 11.2. The monoisotopic (exact) mass is 636 g/mol. The van der Waals surface area contributed by atoms with Crippen LogP contribution >= 0.6 is 15.9 Å². The minimum atomic E-state index is -0.628. The van der Waals surface area contributed by atoms with Crippen LogP contribution in [0.4, 0.5) is 28.4 Å². The Bertz CT molecular complexity index is 1540. The van der Waals surface area contributed by atoms with Gasteiger partial charge in [0.15, 0.2) is 0 Å². The van der Waals surface area contributed by atoms with Crippen LogP contribution in [0.15, 0.2) is 75.4 Å². The zero-order valence-corrected chi connectivity index (χ0v) is 24.2. The number of esters is 2. The van der Waals surface area contributed by atoms with E-state index >= 15 is 0 Å². The van der Waals surface area contributed by atoms with Gasteiger partial charge in [-0.05, 0) is 46.3 Å². The van der Waals surface area contributed by atoms with Crippen molar-refractivity contribution in [1.29, 1.82) is 5.26 Å². The highest BCUT2D eigenvalue weighted by Gasteiger charge is 2.17. The van der Waals surface area contributed by atoms with Gasteiger partial charge in [-0.25, -0.2) is 0 Å². The Morgan fingerprint density at radius 3 is 2.21 bits per heavy atom. The fourth-order valence-corrected chi connectivity index (χ4v) is 4.17. The molecule has 0 saturated heterocycles. The normalized spacial score (nSPS) is 10.5. The molecular formula is C28H25BrN6O7. The van der Waals surface area contributed by atoms with Crippen LogP contribution in [-0.2, 0) is 19.1 Å². The molecule has 14 heteroatoms. The zero-order valence-electron chi connectivity index (χ0n) is 22.6. The summed E-state index contributed by atoms with van der Waals surface area (Å²) in [5.74, 6) is -1.32. The molecule has 0 spiro atoms. The molecule has 13 nitrogen and oxygen atoms in total. The van der Waals surface area contributed by atoms with Gasteiger partial charge < -0.3 is 19.7 Å². The van der Waals surface area contributed by atoms with Gasteiger partial charge in [-0.3, -0.25) is 24.5 Å². The van der Waals surface area contributed by atoms with Gasteiger partial charge in [0.2, 0.25) is 0 Å². The molecule has 0 bridgehead atoms. The van der Waals surface area contributed by atoms with E-state index in [1.165, 1.54) is 19.9 Å². The van der Waals surface area contributed by atoms with Crippen LogP contribution in [0.5, 0.6) is 0 Å². The van der Waals surface area contributed by atoms with Gasteiger partial charge in [0.25, 0.3) is 11.6 Å². The number of nitriles is 1.